The van der Waals surface area contributed by atoms with Crippen LogP contribution in [0.15, 0.2) is 47.4 Å². The normalized spacial score (nSPS) is 22.6. The smallest absolute Gasteiger partial charge is 0.167 e. The lowest BCUT2D eigenvalue weighted by molar-refractivity contribution is 0.216. The third-order valence-corrected chi connectivity index (χ3v) is 5.53. The molecule has 128 valence electrons. The lowest BCUT2D eigenvalue weighted by atomic mass is 10.1. The number of rotatable bonds is 2. The number of piperazine rings is 1. The Morgan fingerprint density at radius 2 is 2.08 bits per heavy atom. The van der Waals surface area contributed by atoms with E-state index in [-0.39, 0.29) is 0 Å². The van der Waals surface area contributed by atoms with Gasteiger partial charge in [-0.3, -0.25) is 4.99 Å². The van der Waals surface area contributed by atoms with Crippen LogP contribution < -0.4 is 5.73 Å². The second-order valence-electron chi connectivity index (χ2n) is 6.07. The summed E-state index contributed by atoms with van der Waals surface area (Å²) in [6.07, 6.45) is 1.61. The van der Waals surface area contributed by atoms with Gasteiger partial charge in [0.25, 0.3) is 0 Å². The number of nitrogens with zero attached hydrogens (tertiary/aromatic N) is 5. The highest BCUT2D eigenvalue weighted by molar-refractivity contribution is 14.1. The zero-order valence-electron chi connectivity index (χ0n) is 14.1. The second-order valence-corrected chi connectivity index (χ2v) is 7.46. The Hall–Kier alpha value is -1.61. The van der Waals surface area contributed by atoms with Gasteiger partial charge in [-0.1, -0.05) is 29.8 Å². The average molecular weight is 438 g/mol. The zero-order valence-corrected chi connectivity index (χ0v) is 16.3. The molecule has 6 nitrogen and oxygen atoms in total. The van der Waals surface area contributed by atoms with Crippen molar-refractivity contribution in [3.63, 3.8) is 0 Å². The number of hydrogen-bond donors (Lipinski definition) is 1. The van der Waals surface area contributed by atoms with Crippen LogP contribution in [-0.4, -0.2) is 54.7 Å². The molecule has 2 aliphatic heterocycles. The van der Waals surface area contributed by atoms with Gasteiger partial charge >= 0.3 is 0 Å². The van der Waals surface area contributed by atoms with E-state index < -0.39 is 21.3 Å². The molecule has 0 aliphatic carbocycles. The molecule has 0 amide bonds. The lowest BCUT2D eigenvalue weighted by Crippen LogP contribution is -2.48. The van der Waals surface area contributed by atoms with Gasteiger partial charge in [0.05, 0.1) is 12.1 Å². The Kier molecular flexibility index (Phi) is 5.72. The molecule has 1 fully saturated rings. The molecule has 1 aromatic carbocycles. The van der Waals surface area contributed by atoms with Gasteiger partial charge < -0.3 is 15.5 Å². The molecule has 2 N–H and O–H groups in total. The fourth-order valence-electron chi connectivity index (χ4n) is 2.76. The molecular weight excluding hydrogens is 415 g/mol. The van der Waals surface area contributed by atoms with Gasteiger partial charge in [0.15, 0.2) is 5.84 Å². The Morgan fingerprint density at radius 1 is 1.29 bits per heavy atom. The van der Waals surface area contributed by atoms with Gasteiger partial charge in [-0.25, -0.2) is 0 Å². The highest BCUT2D eigenvalue weighted by Crippen LogP contribution is 2.22. The molecule has 2 aliphatic rings. The number of amidine groups is 2. The van der Waals surface area contributed by atoms with E-state index >= 15 is 0 Å². The van der Waals surface area contributed by atoms with Crippen LogP contribution in [-0.2, 0) is 6.54 Å². The van der Waals surface area contributed by atoms with Crippen LogP contribution in [0.1, 0.15) is 11.1 Å². The summed E-state index contributed by atoms with van der Waals surface area (Å²) in [5.41, 5.74) is 9.21. The number of halogens is 1. The van der Waals surface area contributed by atoms with Gasteiger partial charge in [-0.05, 0) is 19.5 Å². The Balaban J connectivity index is 1.77. The molecule has 0 atom stereocenters. The van der Waals surface area contributed by atoms with Crippen molar-refractivity contribution in [2.24, 2.45) is 17.1 Å². The predicted molar refractivity (Wildman–Crippen MR) is 108 cm³/mol. The van der Waals surface area contributed by atoms with E-state index in [9.17, 15) is 0 Å². The highest BCUT2D eigenvalue weighted by atomic mass is 127. The van der Waals surface area contributed by atoms with Crippen LogP contribution in [0, 0.1) is 6.92 Å². The van der Waals surface area contributed by atoms with E-state index in [4.69, 9.17) is 10.7 Å². The first-order chi connectivity index (χ1) is 11.7. The summed E-state index contributed by atoms with van der Waals surface area (Å²) in [5, 5.41) is 0. The monoisotopic (exact) mass is 438 g/mol. The molecule has 3 rings (SSSR count). The zero-order chi connectivity index (χ0) is 16.9. The summed E-state index contributed by atoms with van der Waals surface area (Å²) in [7, 11) is 2.15. The van der Waals surface area contributed by atoms with Crippen LogP contribution >= 0.6 is 21.3 Å². The standard InChI is InChI=1S/C17H23IN6/c1-13-4-3-5-14(10-13)12-20-16-15(11-19)17(22-18-21-16)24-8-6-23(2)7-9-24/h3-5,10-11H,6-9,12,19H2,1-2H3. The van der Waals surface area contributed by atoms with E-state index in [2.05, 4.69) is 54.4 Å². The average Bonchev–Trinajstić information content (AvgIpc) is 2.60. The molecule has 0 aromatic heterocycles. The van der Waals surface area contributed by atoms with Crippen molar-refractivity contribution in [3.05, 3.63) is 47.2 Å². The Labute approximate surface area is 153 Å². The van der Waals surface area contributed by atoms with E-state index in [0.29, 0.717) is 6.54 Å². The molecule has 1 aromatic rings. The molecule has 1 saturated heterocycles. The molecule has 0 spiro atoms. The lowest BCUT2D eigenvalue weighted by Gasteiger charge is -2.35. The molecule has 0 radical (unpaired) electrons. The number of nitrogens with two attached hydrogens (primary N) is 1. The fraction of sp³-hybridized carbons (Fsp3) is 0.412. The first kappa shape index (κ1) is 17.2. The Morgan fingerprint density at radius 3 is 2.79 bits per heavy atom. The quantitative estimate of drug-likeness (QED) is 0.722. The van der Waals surface area contributed by atoms with Crippen molar-refractivity contribution in [2.75, 3.05) is 33.2 Å². The minimum Gasteiger partial charge on any atom is -0.404 e. The number of benzene rings is 1. The number of likely N-dealkylation sites (N-methyl/N-ethyl adjacent to an activating group) is 1. The first-order valence-electron chi connectivity index (χ1n) is 8.06. The van der Waals surface area contributed by atoms with Gasteiger partial charge in [-0.15, -0.1) is 0 Å². The third-order valence-electron chi connectivity index (χ3n) is 4.18. The minimum absolute atomic E-state index is 0.596. The second kappa shape index (κ2) is 7.98. The van der Waals surface area contributed by atoms with E-state index in [1.807, 2.05) is 0 Å². The van der Waals surface area contributed by atoms with Crippen molar-refractivity contribution in [2.45, 2.75) is 13.5 Å². The molecule has 2 heterocycles. The summed E-state index contributed by atoms with van der Waals surface area (Å²) in [6, 6.07) is 8.41. The third kappa shape index (κ3) is 4.07. The molecule has 0 saturated carbocycles. The van der Waals surface area contributed by atoms with E-state index in [0.717, 1.165) is 43.4 Å². The summed E-state index contributed by atoms with van der Waals surface area (Å²) >= 11 is -0.596. The van der Waals surface area contributed by atoms with Crippen LogP contribution in [0.4, 0.5) is 0 Å². The van der Waals surface area contributed by atoms with Crippen molar-refractivity contribution >= 4 is 33.0 Å². The largest absolute Gasteiger partial charge is 0.404 e. The SMILES string of the molecule is Cc1cccc(CN=C2N=IN=C(N3CCN(C)CC3)C2=CN)c1. The highest BCUT2D eigenvalue weighted by Gasteiger charge is 2.25. The summed E-state index contributed by atoms with van der Waals surface area (Å²) < 4.78 is 9.25. The van der Waals surface area contributed by atoms with Crippen molar-refractivity contribution < 1.29 is 0 Å². The van der Waals surface area contributed by atoms with E-state index in [1.165, 1.54) is 11.1 Å². The minimum atomic E-state index is -0.596. The van der Waals surface area contributed by atoms with Crippen molar-refractivity contribution in [1.82, 2.24) is 9.80 Å². The van der Waals surface area contributed by atoms with Crippen LogP contribution in [0.3, 0.4) is 0 Å². The molecule has 24 heavy (non-hydrogen) atoms. The van der Waals surface area contributed by atoms with Crippen LogP contribution in [0.2, 0.25) is 0 Å². The number of aryl methyl sites for hydroxylation is 1. The van der Waals surface area contributed by atoms with Crippen LogP contribution in [0.25, 0.3) is 0 Å². The van der Waals surface area contributed by atoms with Gasteiger partial charge in [0.1, 0.15) is 27.1 Å². The summed E-state index contributed by atoms with van der Waals surface area (Å²) in [6.45, 7) is 6.75. The van der Waals surface area contributed by atoms with Crippen LogP contribution in [0.5, 0.6) is 0 Å². The number of aliphatic imine (C=N–C) groups is 1. The molecular formula is C17H23IN6. The topological polar surface area (TPSA) is 69.6 Å². The maximum atomic E-state index is 5.90. The predicted octanol–water partition coefficient (Wildman–Crippen LogP) is 2.46. The fourth-order valence-corrected chi connectivity index (χ4v) is 4.26. The van der Waals surface area contributed by atoms with Crippen molar-refractivity contribution in [1.29, 1.82) is 0 Å². The summed E-state index contributed by atoms with van der Waals surface area (Å²) in [4.78, 5) is 9.36. The number of hydrogen-bond acceptors (Lipinski definition) is 5. The maximum Gasteiger partial charge on any atom is 0.167 e. The van der Waals surface area contributed by atoms with Crippen molar-refractivity contribution in [3.8, 4) is 0 Å². The van der Waals surface area contributed by atoms with Gasteiger partial charge in [0.2, 0.25) is 0 Å². The molecule has 0 unspecified atom stereocenters. The summed E-state index contributed by atoms with van der Waals surface area (Å²) in [5.74, 6) is 1.74. The molecule has 0 bridgehead atoms. The Bertz CT molecular complexity index is 714. The first-order valence-corrected chi connectivity index (χ1v) is 9.99. The van der Waals surface area contributed by atoms with E-state index in [1.54, 1.807) is 6.20 Å². The van der Waals surface area contributed by atoms with Gasteiger partial charge in [-0.2, -0.15) is 6.35 Å². The maximum absolute atomic E-state index is 5.90. The van der Waals surface area contributed by atoms with Gasteiger partial charge in [0, 0.05) is 32.4 Å². The molecule has 7 heteroatoms.